The number of Topliss-reactive ketones (excluding diaryl/α,β-unsaturated/α-hetero) is 1. The largest absolute Gasteiger partial charge is 0.507 e. The maximum atomic E-state index is 13.5. The topological polar surface area (TPSA) is 93.1 Å². The third kappa shape index (κ3) is 4.95. The van der Waals surface area contributed by atoms with Gasteiger partial charge in [-0.2, -0.15) is 0 Å². The molecule has 4 rings (SSSR count). The second-order valence-corrected chi connectivity index (χ2v) is 9.41. The van der Waals surface area contributed by atoms with Crippen LogP contribution >= 0.6 is 11.6 Å². The third-order valence-corrected chi connectivity index (χ3v) is 6.31. The predicted molar refractivity (Wildman–Crippen MR) is 141 cm³/mol. The zero-order chi connectivity index (χ0) is 27.0. The minimum Gasteiger partial charge on any atom is -0.507 e. The van der Waals surface area contributed by atoms with E-state index >= 15 is 0 Å². The zero-order valence-corrected chi connectivity index (χ0v) is 21.8. The van der Waals surface area contributed by atoms with Gasteiger partial charge in [-0.25, -0.2) is 0 Å². The number of hydrogen-bond acceptors (Lipinski definition) is 6. The van der Waals surface area contributed by atoms with Gasteiger partial charge in [0, 0.05) is 12.6 Å². The van der Waals surface area contributed by atoms with E-state index in [2.05, 4.69) is 0 Å². The highest BCUT2D eigenvalue weighted by Gasteiger charge is 2.47. The van der Waals surface area contributed by atoms with Gasteiger partial charge in [0.15, 0.2) is 0 Å². The first-order valence-electron chi connectivity index (χ1n) is 11.5. The first-order valence-corrected chi connectivity index (χ1v) is 11.9. The number of hydrogen-bond donors (Lipinski definition) is 1. The van der Waals surface area contributed by atoms with E-state index in [0.717, 1.165) is 16.7 Å². The Morgan fingerprint density at radius 3 is 2.11 bits per heavy atom. The monoisotopic (exact) mass is 519 g/mol. The summed E-state index contributed by atoms with van der Waals surface area (Å²) < 4.78 is 10.6. The highest BCUT2D eigenvalue weighted by molar-refractivity contribution is 6.51. The van der Waals surface area contributed by atoms with Gasteiger partial charge in [-0.05, 0) is 79.4 Å². The Bertz CT molecular complexity index is 1440. The van der Waals surface area contributed by atoms with Crippen LogP contribution in [-0.2, 0) is 14.4 Å². The fourth-order valence-electron chi connectivity index (χ4n) is 4.65. The number of aliphatic hydroxyl groups excluding tert-OH is 1. The number of aliphatic hydroxyl groups is 1. The number of carbonyl (C=O) groups excluding carboxylic acids is 3. The third-order valence-electron chi connectivity index (χ3n) is 6.03. The van der Waals surface area contributed by atoms with Crippen molar-refractivity contribution >= 4 is 40.7 Å². The highest BCUT2D eigenvalue weighted by Crippen LogP contribution is 2.45. The van der Waals surface area contributed by atoms with E-state index in [1.807, 2.05) is 32.0 Å². The van der Waals surface area contributed by atoms with Crippen LogP contribution in [0.1, 0.15) is 40.8 Å². The molecule has 0 spiro atoms. The van der Waals surface area contributed by atoms with E-state index in [1.165, 1.54) is 18.9 Å². The average Bonchev–Trinajstić information content (AvgIpc) is 3.08. The summed E-state index contributed by atoms with van der Waals surface area (Å²) in [6, 6.07) is 14.4. The molecule has 0 bridgehead atoms. The van der Waals surface area contributed by atoms with Gasteiger partial charge in [0.05, 0.1) is 29.3 Å². The van der Waals surface area contributed by atoms with E-state index in [4.69, 9.17) is 21.1 Å². The van der Waals surface area contributed by atoms with Crippen molar-refractivity contribution in [1.29, 1.82) is 0 Å². The Hall–Kier alpha value is -4.10. The van der Waals surface area contributed by atoms with E-state index in [1.54, 1.807) is 43.3 Å². The second kappa shape index (κ2) is 10.1. The van der Waals surface area contributed by atoms with Crippen LogP contribution in [0.3, 0.4) is 0 Å². The Labute approximate surface area is 219 Å². The number of ether oxygens (including phenoxy) is 2. The summed E-state index contributed by atoms with van der Waals surface area (Å²) in [5, 5.41) is 11.8. The molecule has 1 heterocycles. The fraction of sp³-hybridized carbons (Fsp3) is 0.207. The van der Waals surface area contributed by atoms with Crippen LogP contribution in [0, 0.1) is 20.8 Å². The highest BCUT2D eigenvalue weighted by atomic mass is 35.5. The number of benzene rings is 3. The molecule has 1 N–H and O–H groups in total. The summed E-state index contributed by atoms with van der Waals surface area (Å²) in [6.45, 7) is 6.88. The molecule has 1 fully saturated rings. The minimum absolute atomic E-state index is 0.107. The first-order chi connectivity index (χ1) is 17.5. The van der Waals surface area contributed by atoms with Crippen LogP contribution in [0.5, 0.6) is 11.5 Å². The number of esters is 1. The number of anilines is 1. The van der Waals surface area contributed by atoms with Crippen molar-refractivity contribution in [3.63, 3.8) is 0 Å². The summed E-state index contributed by atoms with van der Waals surface area (Å²) in [6.07, 6.45) is 0. The second-order valence-electron chi connectivity index (χ2n) is 9.01. The maximum Gasteiger partial charge on any atom is 0.308 e. The minimum atomic E-state index is -0.962. The Morgan fingerprint density at radius 2 is 1.54 bits per heavy atom. The summed E-state index contributed by atoms with van der Waals surface area (Å²) in [4.78, 5) is 39.7. The number of ketones is 1. The smallest absolute Gasteiger partial charge is 0.308 e. The lowest BCUT2D eigenvalue weighted by Gasteiger charge is -2.26. The molecule has 1 atom stereocenters. The lowest BCUT2D eigenvalue weighted by Crippen LogP contribution is -2.29. The van der Waals surface area contributed by atoms with Crippen molar-refractivity contribution in [3.8, 4) is 11.5 Å². The molecule has 1 unspecified atom stereocenters. The van der Waals surface area contributed by atoms with Gasteiger partial charge in [0.1, 0.15) is 17.3 Å². The zero-order valence-electron chi connectivity index (χ0n) is 21.1. The van der Waals surface area contributed by atoms with Gasteiger partial charge in [0.2, 0.25) is 0 Å². The average molecular weight is 520 g/mol. The lowest BCUT2D eigenvalue weighted by molar-refractivity contribution is -0.132. The Balaban J connectivity index is 1.99. The molecule has 37 heavy (non-hydrogen) atoms. The molecule has 1 amide bonds. The summed E-state index contributed by atoms with van der Waals surface area (Å²) >= 11 is 6.36. The first kappa shape index (κ1) is 26.0. The van der Waals surface area contributed by atoms with Crippen LogP contribution in [0.4, 0.5) is 5.69 Å². The number of carbonyl (C=O) groups is 3. The molecule has 1 aliphatic rings. The number of nitrogens with zero attached hydrogens (tertiary/aromatic N) is 1. The van der Waals surface area contributed by atoms with Gasteiger partial charge in [0.25, 0.3) is 11.7 Å². The van der Waals surface area contributed by atoms with E-state index in [0.29, 0.717) is 17.0 Å². The molecule has 7 nitrogen and oxygen atoms in total. The van der Waals surface area contributed by atoms with E-state index < -0.39 is 29.5 Å². The molecular weight excluding hydrogens is 494 g/mol. The van der Waals surface area contributed by atoms with Crippen molar-refractivity contribution in [1.82, 2.24) is 0 Å². The van der Waals surface area contributed by atoms with Crippen LogP contribution in [0.2, 0.25) is 5.02 Å². The molecular formula is C29H26ClNO6. The van der Waals surface area contributed by atoms with Crippen molar-refractivity contribution in [3.05, 3.63) is 93.0 Å². The quantitative estimate of drug-likeness (QED) is 0.150. The molecule has 190 valence electrons. The Morgan fingerprint density at radius 1 is 0.946 bits per heavy atom. The number of rotatable bonds is 5. The standard InChI is InChI=1S/C29H26ClNO6/c1-15-10-16(2)12-20(11-15)31-25(19-6-8-21(9-7-19)37-18(4)32)24(27(34)29(31)35)26(33)22-13-17(3)14-23(30)28(22)36-5/h6-14,25,33H,1-5H3/b26-24+. The van der Waals surface area contributed by atoms with E-state index in [-0.39, 0.29) is 21.9 Å². The molecule has 8 heteroatoms. The van der Waals surface area contributed by atoms with E-state index in [9.17, 15) is 19.5 Å². The van der Waals surface area contributed by atoms with Crippen LogP contribution in [0.15, 0.2) is 60.2 Å². The fourth-order valence-corrected chi connectivity index (χ4v) is 5.00. The molecule has 1 saturated heterocycles. The molecule has 3 aromatic carbocycles. The van der Waals surface area contributed by atoms with Crippen molar-refractivity contribution in [2.45, 2.75) is 33.7 Å². The van der Waals surface area contributed by atoms with Gasteiger partial charge in [-0.15, -0.1) is 0 Å². The van der Waals surface area contributed by atoms with Gasteiger partial charge in [-0.3, -0.25) is 19.3 Å². The summed E-state index contributed by atoms with van der Waals surface area (Å²) in [5.74, 6) is -2.00. The number of aryl methyl sites for hydroxylation is 3. The van der Waals surface area contributed by atoms with Crippen LogP contribution in [0.25, 0.3) is 5.76 Å². The normalized spacial score (nSPS) is 16.7. The van der Waals surface area contributed by atoms with Crippen molar-refractivity contribution < 1.29 is 29.0 Å². The van der Waals surface area contributed by atoms with Gasteiger partial charge in [-0.1, -0.05) is 29.8 Å². The maximum absolute atomic E-state index is 13.5. The molecule has 0 saturated carbocycles. The van der Waals surface area contributed by atoms with Crippen LogP contribution < -0.4 is 14.4 Å². The Kier molecular flexibility index (Phi) is 7.09. The molecule has 0 aromatic heterocycles. The summed E-state index contributed by atoms with van der Waals surface area (Å²) in [7, 11) is 1.41. The molecule has 1 aliphatic heterocycles. The number of methoxy groups -OCH3 is 1. The molecule has 0 aliphatic carbocycles. The SMILES string of the molecule is COc1c(Cl)cc(C)cc1/C(O)=C1\C(=O)C(=O)N(c2cc(C)cc(C)c2)C1c1ccc(OC(C)=O)cc1. The van der Waals surface area contributed by atoms with Crippen molar-refractivity contribution in [2.75, 3.05) is 12.0 Å². The number of amides is 1. The van der Waals surface area contributed by atoms with Crippen LogP contribution in [-0.4, -0.2) is 29.9 Å². The van der Waals surface area contributed by atoms with Gasteiger partial charge >= 0.3 is 5.97 Å². The molecule has 0 radical (unpaired) electrons. The van der Waals surface area contributed by atoms with Gasteiger partial charge < -0.3 is 14.6 Å². The predicted octanol–water partition coefficient (Wildman–Crippen LogP) is 5.83. The summed E-state index contributed by atoms with van der Waals surface area (Å²) in [5.41, 5.74) is 3.70. The van der Waals surface area contributed by atoms with Crippen molar-refractivity contribution in [2.24, 2.45) is 0 Å². The molecule has 3 aromatic rings. The lowest BCUT2D eigenvalue weighted by atomic mass is 9.94. The number of halogens is 1.